The first-order valence-corrected chi connectivity index (χ1v) is 33.0. The predicted molar refractivity (Wildman–Crippen MR) is 416 cm³/mol. The first-order chi connectivity index (χ1) is 41.5. The molecule has 2 nitrogen and oxygen atoms in total. The van der Waals surface area contributed by atoms with Gasteiger partial charge in [-0.1, -0.05) is 318 Å². The number of benzene rings is 10. The minimum Gasteiger partial charge on any atom is -0.456 e. The fourth-order valence-corrected chi connectivity index (χ4v) is 15.8. The number of furan rings is 2. The Kier molecular flexibility index (Phi) is 21.1. The Labute approximate surface area is 560 Å². The second kappa shape index (κ2) is 27.1. The van der Waals surface area contributed by atoms with Crippen LogP contribution in [0.25, 0.3) is 106 Å². The number of hydrogen-bond acceptors (Lipinski definition) is 4. The fourth-order valence-electron chi connectivity index (χ4n) is 13.2. The first kappa shape index (κ1) is 71.7. The van der Waals surface area contributed by atoms with Gasteiger partial charge in [0, 0.05) is 67.5 Å². The number of thiophene rings is 2. The first-order valence-electron chi connectivity index (χ1n) is 31.4. The molecule has 10 aromatic carbocycles. The van der Waals surface area contributed by atoms with E-state index in [0.717, 1.165) is 22.3 Å². The highest BCUT2D eigenvalue weighted by Gasteiger charge is 2.31. The lowest BCUT2D eigenvalue weighted by Gasteiger charge is -2.31. The van der Waals surface area contributed by atoms with Crippen molar-refractivity contribution in [2.45, 2.75) is 187 Å². The molecular formula is C88H104O2S2. The minimum atomic E-state index is -0.00143. The Balaban J connectivity index is 0.000000172. The molecule has 0 fully saturated rings. The topological polar surface area (TPSA) is 26.3 Å². The molecule has 0 N–H and O–H groups in total. The van der Waals surface area contributed by atoms with Crippen molar-refractivity contribution in [2.24, 2.45) is 0 Å². The number of rotatable bonds is 2. The molecule has 0 atom stereocenters. The van der Waals surface area contributed by atoms with Crippen LogP contribution in [0.15, 0.2) is 215 Å². The largest absolute Gasteiger partial charge is 0.456 e. The van der Waals surface area contributed by atoms with E-state index in [1.807, 2.05) is 46.9 Å². The molecule has 92 heavy (non-hydrogen) atoms. The van der Waals surface area contributed by atoms with E-state index in [2.05, 4.69) is 307 Å². The van der Waals surface area contributed by atoms with E-state index in [1.54, 1.807) is 0 Å². The molecule has 0 unspecified atom stereocenters. The highest BCUT2D eigenvalue weighted by atomic mass is 32.1. The van der Waals surface area contributed by atoms with E-state index >= 15 is 0 Å². The maximum atomic E-state index is 6.27. The lowest BCUT2D eigenvalue weighted by atomic mass is 9.73. The third-order valence-electron chi connectivity index (χ3n) is 17.0. The van der Waals surface area contributed by atoms with Gasteiger partial charge in [0.25, 0.3) is 0 Å². The van der Waals surface area contributed by atoms with E-state index in [9.17, 15) is 0 Å². The van der Waals surface area contributed by atoms with E-state index in [1.165, 1.54) is 118 Å². The maximum Gasteiger partial charge on any atom is 0.139 e. The SMILES string of the molecule is C.C.C.C.CC(C)(C)c1c(-c2ccccc2)ccc2c1oc1ccccc12.CC(C)(C)c1c(-c2ccccc2)ccc2oc3ccccc3c12.CC(C)(C)c1ccc2c(sc3ccccc32)c1C(C)(C)C.CC(C)(C)c1ccc2sc3ccccc3c2c1C(C)(C)C. The van der Waals surface area contributed by atoms with E-state index in [4.69, 9.17) is 8.83 Å². The highest BCUT2D eigenvalue weighted by molar-refractivity contribution is 7.26. The quantitative estimate of drug-likeness (QED) is 0.172. The Morgan fingerprint density at radius 2 is 0.663 bits per heavy atom. The van der Waals surface area contributed by atoms with Gasteiger partial charge in [0.15, 0.2) is 0 Å². The van der Waals surface area contributed by atoms with Gasteiger partial charge in [0.05, 0.1) is 0 Å². The summed E-state index contributed by atoms with van der Waals surface area (Å²) in [5, 5.41) is 10.5. The predicted octanol–water partition coefficient (Wildman–Crippen LogP) is 28.9. The lowest BCUT2D eigenvalue weighted by Crippen LogP contribution is -2.22. The van der Waals surface area contributed by atoms with Crippen LogP contribution >= 0.6 is 22.7 Å². The molecule has 4 aromatic heterocycles. The Morgan fingerprint density at radius 1 is 0.250 bits per heavy atom. The van der Waals surface area contributed by atoms with Crippen molar-refractivity contribution in [2.75, 3.05) is 0 Å². The molecule has 0 saturated heterocycles. The second-order valence-electron chi connectivity index (χ2n) is 30.1. The van der Waals surface area contributed by atoms with Crippen LogP contribution in [0.2, 0.25) is 0 Å². The average Bonchev–Trinajstić information content (AvgIpc) is 1.59. The van der Waals surface area contributed by atoms with Gasteiger partial charge in [0.1, 0.15) is 22.3 Å². The second-order valence-corrected chi connectivity index (χ2v) is 32.2. The average molecular weight is 1260 g/mol. The molecule has 0 spiro atoms. The zero-order valence-electron chi connectivity index (χ0n) is 55.3. The van der Waals surface area contributed by atoms with Crippen molar-refractivity contribution in [1.82, 2.24) is 0 Å². The molecule has 0 aliphatic carbocycles. The minimum absolute atomic E-state index is 0. The summed E-state index contributed by atoms with van der Waals surface area (Å²) in [6, 6.07) is 73.4. The summed E-state index contributed by atoms with van der Waals surface area (Å²) < 4.78 is 18.0. The Hall–Kier alpha value is -7.76. The van der Waals surface area contributed by atoms with E-state index < -0.39 is 0 Å². The third kappa shape index (κ3) is 14.1. The van der Waals surface area contributed by atoms with Crippen molar-refractivity contribution in [3.05, 3.63) is 240 Å². The van der Waals surface area contributed by atoms with Crippen molar-refractivity contribution < 1.29 is 8.83 Å². The van der Waals surface area contributed by atoms with Gasteiger partial charge in [-0.15, -0.1) is 22.7 Å². The summed E-state index contributed by atoms with van der Waals surface area (Å²) in [7, 11) is 0. The molecule has 14 aromatic rings. The molecule has 4 heterocycles. The van der Waals surface area contributed by atoms with Gasteiger partial charge in [-0.05, 0) is 125 Å². The monoisotopic (exact) mass is 1260 g/mol. The fraction of sp³-hybridized carbons (Fsp3) is 0.318. The van der Waals surface area contributed by atoms with Crippen LogP contribution in [-0.4, -0.2) is 0 Å². The number of fused-ring (bicyclic) bond motifs is 12. The molecular weight excluding hydrogens is 1150 g/mol. The summed E-state index contributed by atoms with van der Waals surface area (Å²) in [6.45, 7) is 41.5. The molecule has 0 saturated carbocycles. The van der Waals surface area contributed by atoms with Gasteiger partial charge in [-0.2, -0.15) is 0 Å². The van der Waals surface area contributed by atoms with Crippen LogP contribution in [0.1, 0.15) is 188 Å². The number of para-hydroxylation sites is 2. The van der Waals surface area contributed by atoms with Crippen molar-refractivity contribution in [3.63, 3.8) is 0 Å². The molecule has 480 valence electrons. The van der Waals surface area contributed by atoms with Crippen LogP contribution in [0.5, 0.6) is 0 Å². The summed E-state index contributed by atoms with van der Waals surface area (Å²) in [6.07, 6.45) is 0. The molecule has 0 aliphatic rings. The van der Waals surface area contributed by atoms with Crippen LogP contribution in [0.3, 0.4) is 0 Å². The van der Waals surface area contributed by atoms with E-state index in [0.29, 0.717) is 0 Å². The molecule has 0 radical (unpaired) electrons. The van der Waals surface area contributed by atoms with Crippen LogP contribution in [-0.2, 0) is 32.5 Å². The number of hydrogen-bond donors (Lipinski definition) is 0. The van der Waals surface area contributed by atoms with Gasteiger partial charge in [0.2, 0.25) is 0 Å². The van der Waals surface area contributed by atoms with Crippen molar-refractivity contribution in [1.29, 1.82) is 0 Å². The van der Waals surface area contributed by atoms with Crippen LogP contribution in [0, 0.1) is 0 Å². The standard InChI is InChI=1S/2C22H20O.2C20H24S.4CH4/c1-22(2,3)20-16(15-9-5-4-6-10-15)13-14-18-17-11-7-8-12-19(17)23-21(18)20;1-22(2,3)21-16(15-9-5-4-6-10-15)13-14-19-20(21)17-11-7-8-12-18(17)23-19;1-19(2,3)14-11-12-16-17(18(14)20(4,5)6)13-9-7-8-10-15(13)21-16;1-19(2,3)15-12-11-14-13-9-7-8-10-16(13)21-18(14)17(15)20(4,5)6;;;;/h2*4-14H,1-3H3;2*7-12H,1-6H3;4*1H4. The van der Waals surface area contributed by atoms with Gasteiger partial charge in [-0.3, -0.25) is 0 Å². The Morgan fingerprint density at radius 3 is 1.20 bits per heavy atom. The molecule has 4 heteroatoms. The molecule has 0 aliphatic heterocycles. The molecule has 0 bridgehead atoms. The summed E-state index contributed by atoms with van der Waals surface area (Å²) in [5.74, 6) is 0. The smallest absolute Gasteiger partial charge is 0.139 e. The van der Waals surface area contributed by atoms with Gasteiger partial charge >= 0.3 is 0 Å². The van der Waals surface area contributed by atoms with Gasteiger partial charge < -0.3 is 8.83 Å². The van der Waals surface area contributed by atoms with Crippen molar-refractivity contribution in [3.8, 4) is 22.3 Å². The molecule has 0 amide bonds. The zero-order chi connectivity index (χ0) is 62.9. The normalized spacial score (nSPS) is 12.1. The molecule has 14 rings (SSSR count). The lowest BCUT2D eigenvalue weighted by molar-refractivity contribution is 0.535. The Bertz CT molecular complexity index is 4810. The zero-order valence-corrected chi connectivity index (χ0v) is 56.9. The highest BCUT2D eigenvalue weighted by Crippen LogP contribution is 2.48. The summed E-state index contributed by atoms with van der Waals surface area (Å²) in [5.41, 5.74) is 18.2. The van der Waals surface area contributed by atoms with E-state index in [-0.39, 0.29) is 62.2 Å². The van der Waals surface area contributed by atoms with Crippen LogP contribution in [0.4, 0.5) is 0 Å². The van der Waals surface area contributed by atoms with Crippen LogP contribution < -0.4 is 0 Å². The third-order valence-corrected chi connectivity index (χ3v) is 19.3. The van der Waals surface area contributed by atoms with Gasteiger partial charge in [-0.25, -0.2) is 0 Å². The summed E-state index contributed by atoms with van der Waals surface area (Å²) >= 11 is 3.86. The maximum absolute atomic E-state index is 6.27. The van der Waals surface area contributed by atoms with Crippen molar-refractivity contribution >= 4 is 107 Å². The summed E-state index contributed by atoms with van der Waals surface area (Å²) in [4.78, 5) is 0.